The molecule has 1 rings (SSSR count). The largest absolute Gasteiger partial charge is 0.301 e. The maximum absolute atomic E-state index is 2.48. The van der Waals surface area contributed by atoms with E-state index < -0.39 is 0 Å². The van der Waals surface area contributed by atoms with E-state index in [1.165, 1.54) is 26.9 Å². The highest BCUT2D eigenvalue weighted by atomic mass is 15.3. The van der Waals surface area contributed by atoms with Crippen molar-refractivity contribution in [3.63, 3.8) is 0 Å². The van der Waals surface area contributed by atoms with Crippen LogP contribution in [0.5, 0.6) is 0 Å². The molecule has 0 aromatic rings. The number of hydrogen-bond donors (Lipinski definition) is 0. The third-order valence-electron chi connectivity index (χ3n) is 1.81. The molecule has 0 amide bonds. The Morgan fingerprint density at radius 1 is 1.62 bits per heavy atom. The molecule has 1 nitrogen and oxygen atoms in total. The van der Waals surface area contributed by atoms with Gasteiger partial charge < -0.3 is 4.90 Å². The second kappa shape index (κ2) is 2.54. The van der Waals surface area contributed by atoms with Gasteiger partial charge in [0.25, 0.3) is 0 Å². The molecule has 0 bridgehead atoms. The second-order valence-electron chi connectivity index (χ2n) is 2.81. The Morgan fingerprint density at radius 2 is 2.25 bits per heavy atom. The Labute approximate surface area is 52.3 Å². The third-order valence-corrected chi connectivity index (χ3v) is 1.81. The number of rotatable bonds is 3. The van der Waals surface area contributed by atoms with Gasteiger partial charge in [0.1, 0.15) is 7.28 Å². The average molecular weight is 111 g/mol. The molecular formula is C6H14BN. The van der Waals surface area contributed by atoms with Crippen molar-refractivity contribution in [2.75, 3.05) is 19.6 Å². The van der Waals surface area contributed by atoms with Crippen molar-refractivity contribution in [2.24, 2.45) is 0 Å². The molecule has 0 unspecified atom stereocenters. The quantitative estimate of drug-likeness (QED) is 0.380. The second-order valence-corrected chi connectivity index (χ2v) is 2.81. The lowest BCUT2D eigenvalue weighted by Gasteiger charge is -2.05. The predicted molar refractivity (Wildman–Crippen MR) is 38.9 cm³/mol. The van der Waals surface area contributed by atoms with Gasteiger partial charge in [-0.1, -0.05) is 19.6 Å². The van der Waals surface area contributed by atoms with Crippen LogP contribution in [0.3, 0.4) is 0 Å². The SMILES string of the molecule is CB[C@H](C)CN1CC1. The molecular weight excluding hydrogens is 96.9 g/mol. The molecule has 0 saturated carbocycles. The van der Waals surface area contributed by atoms with E-state index in [9.17, 15) is 0 Å². The van der Waals surface area contributed by atoms with Gasteiger partial charge in [0.2, 0.25) is 0 Å². The molecule has 0 aliphatic carbocycles. The Balaban J connectivity index is 1.98. The first-order valence-corrected chi connectivity index (χ1v) is 3.55. The molecule has 1 aliphatic heterocycles. The van der Waals surface area contributed by atoms with Gasteiger partial charge in [-0.25, -0.2) is 0 Å². The van der Waals surface area contributed by atoms with Crippen LogP contribution in [0.1, 0.15) is 6.92 Å². The molecule has 1 atom stereocenters. The van der Waals surface area contributed by atoms with E-state index in [1.54, 1.807) is 0 Å². The van der Waals surface area contributed by atoms with Crippen molar-refractivity contribution in [3.05, 3.63) is 0 Å². The molecule has 8 heavy (non-hydrogen) atoms. The van der Waals surface area contributed by atoms with Crippen molar-refractivity contribution < 1.29 is 0 Å². The Kier molecular flexibility index (Phi) is 1.95. The van der Waals surface area contributed by atoms with E-state index >= 15 is 0 Å². The van der Waals surface area contributed by atoms with Gasteiger partial charge in [0, 0.05) is 13.1 Å². The summed E-state index contributed by atoms with van der Waals surface area (Å²) in [5.74, 6) is 0.914. The van der Waals surface area contributed by atoms with E-state index in [0.29, 0.717) is 0 Å². The van der Waals surface area contributed by atoms with Gasteiger partial charge in [0.15, 0.2) is 0 Å². The molecule has 2 heteroatoms. The van der Waals surface area contributed by atoms with Crippen LogP contribution in [0.2, 0.25) is 12.6 Å². The summed E-state index contributed by atoms with van der Waals surface area (Å²) in [6.45, 7) is 8.61. The summed E-state index contributed by atoms with van der Waals surface area (Å²) in [5, 5.41) is 0. The van der Waals surface area contributed by atoms with Crippen LogP contribution in [0.4, 0.5) is 0 Å². The van der Waals surface area contributed by atoms with Crippen LogP contribution < -0.4 is 0 Å². The zero-order valence-electron chi connectivity index (χ0n) is 5.85. The van der Waals surface area contributed by atoms with E-state index in [-0.39, 0.29) is 0 Å². The summed E-state index contributed by atoms with van der Waals surface area (Å²) in [4.78, 5) is 2.48. The summed E-state index contributed by atoms with van der Waals surface area (Å²) in [6, 6.07) is 0. The van der Waals surface area contributed by atoms with Crippen LogP contribution in [-0.4, -0.2) is 31.8 Å². The van der Waals surface area contributed by atoms with Crippen molar-refractivity contribution in [3.8, 4) is 0 Å². The van der Waals surface area contributed by atoms with Gasteiger partial charge in [-0.05, 0) is 6.54 Å². The molecule has 1 aliphatic rings. The van der Waals surface area contributed by atoms with Gasteiger partial charge in [0.05, 0.1) is 0 Å². The van der Waals surface area contributed by atoms with E-state index in [1.807, 2.05) is 0 Å². The topological polar surface area (TPSA) is 3.01 Å². The lowest BCUT2D eigenvalue weighted by molar-refractivity contribution is 0.549. The van der Waals surface area contributed by atoms with Gasteiger partial charge in [-0.15, -0.1) is 0 Å². The zero-order valence-corrected chi connectivity index (χ0v) is 5.85. The van der Waals surface area contributed by atoms with E-state index in [4.69, 9.17) is 0 Å². The first-order chi connectivity index (χ1) is 3.83. The van der Waals surface area contributed by atoms with Gasteiger partial charge in [-0.2, -0.15) is 0 Å². The van der Waals surface area contributed by atoms with Crippen molar-refractivity contribution >= 4 is 7.28 Å². The molecule has 0 aromatic heterocycles. The van der Waals surface area contributed by atoms with E-state index in [0.717, 1.165) is 5.82 Å². The fourth-order valence-corrected chi connectivity index (χ4v) is 0.823. The fraction of sp³-hybridized carbons (Fsp3) is 1.00. The highest BCUT2D eigenvalue weighted by Crippen LogP contribution is 2.10. The molecule has 0 N–H and O–H groups in total. The minimum Gasteiger partial charge on any atom is -0.301 e. The zero-order chi connectivity index (χ0) is 5.98. The fourth-order valence-electron chi connectivity index (χ4n) is 0.823. The third kappa shape index (κ3) is 1.87. The standard InChI is InChI=1S/C6H14BN/c1-6(7-2)5-8-3-4-8/h6-7H,3-5H2,1-2H3/t6-/m1/s1. The maximum Gasteiger partial charge on any atom is 0.122 e. The Morgan fingerprint density at radius 3 is 2.62 bits per heavy atom. The van der Waals surface area contributed by atoms with Crippen LogP contribution in [-0.2, 0) is 0 Å². The van der Waals surface area contributed by atoms with Crippen molar-refractivity contribution in [2.45, 2.75) is 19.6 Å². The lowest BCUT2D eigenvalue weighted by Crippen LogP contribution is -2.08. The van der Waals surface area contributed by atoms with E-state index in [2.05, 4.69) is 18.6 Å². The lowest BCUT2D eigenvalue weighted by atomic mass is 9.68. The summed E-state index contributed by atoms with van der Waals surface area (Å²) in [5.41, 5.74) is 0. The van der Waals surface area contributed by atoms with Crippen LogP contribution in [0.25, 0.3) is 0 Å². The summed E-state index contributed by atoms with van der Waals surface area (Å²) in [6.07, 6.45) is 0. The molecule has 0 spiro atoms. The monoisotopic (exact) mass is 111 g/mol. The molecule has 1 heterocycles. The first-order valence-electron chi connectivity index (χ1n) is 3.55. The normalized spacial score (nSPS) is 22.8. The smallest absolute Gasteiger partial charge is 0.122 e. The van der Waals surface area contributed by atoms with Gasteiger partial charge in [-0.3, -0.25) is 0 Å². The van der Waals surface area contributed by atoms with Crippen molar-refractivity contribution in [1.82, 2.24) is 4.90 Å². The highest BCUT2D eigenvalue weighted by molar-refractivity contribution is 6.35. The minimum atomic E-state index is 0.914. The first kappa shape index (κ1) is 6.15. The van der Waals surface area contributed by atoms with Crippen LogP contribution in [0.15, 0.2) is 0 Å². The Hall–Kier alpha value is 0.0249. The average Bonchev–Trinajstić information content (AvgIpc) is 2.50. The highest BCUT2D eigenvalue weighted by Gasteiger charge is 2.18. The summed E-state index contributed by atoms with van der Waals surface area (Å²) >= 11 is 0. The Bertz CT molecular complexity index is 70.9. The molecule has 0 radical (unpaired) electrons. The predicted octanol–water partition coefficient (Wildman–Crippen LogP) is 0.595. The molecule has 0 aromatic carbocycles. The van der Waals surface area contributed by atoms with Crippen LogP contribution in [0, 0.1) is 0 Å². The summed E-state index contributed by atoms with van der Waals surface area (Å²) < 4.78 is 0. The molecule has 1 saturated heterocycles. The van der Waals surface area contributed by atoms with Crippen LogP contribution >= 0.6 is 0 Å². The molecule has 46 valence electrons. The summed E-state index contributed by atoms with van der Waals surface area (Å²) in [7, 11) is 1.33. The number of hydrogen-bond acceptors (Lipinski definition) is 1. The number of nitrogens with zero attached hydrogens (tertiary/aromatic N) is 1. The van der Waals surface area contributed by atoms with Gasteiger partial charge >= 0.3 is 0 Å². The maximum atomic E-state index is 2.48. The minimum absolute atomic E-state index is 0.914. The molecule has 1 fully saturated rings. The van der Waals surface area contributed by atoms with Crippen molar-refractivity contribution in [1.29, 1.82) is 0 Å².